The topological polar surface area (TPSA) is 30.5 Å². The normalized spacial score (nSPS) is 23.1. The lowest BCUT2D eigenvalue weighted by Gasteiger charge is -2.34. The van der Waals surface area contributed by atoms with E-state index in [0.29, 0.717) is 5.92 Å². The lowest BCUT2D eigenvalue weighted by molar-refractivity contribution is 0.124. The predicted octanol–water partition coefficient (Wildman–Crippen LogP) is 2.91. The van der Waals surface area contributed by atoms with Crippen LogP contribution in [-0.2, 0) is 11.2 Å². The third kappa shape index (κ3) is 2.83. The minimum Gasteiger partial charge on any atom is -0.497 e. The molecule has 20 heavy (non-hydrogen) atoms. The Morgan fingerprint density at radius 2 is 2.20 bits per heavy atom. The second-order valence-electron chi connectivity index (χ2n) is 5.52. The summed E-state index contributed by atoms with van der Waals surface area (Å²) in [5.41, 5.74) is 1.31. The number of fused-ring (bicyclic) bond motifs is 1. The van der Waals surface area contributed by atoms with Gasteiger partial charge in [0.15, 0.2) is 0 Å². The van der Waals surface area contributed by atoms with E-state index in [2.05, 4.69) is 36.5 Å². The Balaban J connectivity index is 1.77. The minimum atomic E-state index is 0.272. The summed E-state index contributed by atoms with van der Waals surface area (Å²) >= 11 is 0. The van der Waals surface area contributed by atoms with Gasteiger partial charge in [0.05, 0.1) is 19.3 Å². The van der Waals surface area contributed by atoms with Crippen LogP contribution in [0.4, 0.5) is 0 Å². The average molecular weight is 273 g/mol. The van der Waals surface area contributed by atoms with E-state index in [1.54, 1.807) is 0 Å². The van der Waals surface area contributed by atoms with E-state index in [1.165, 1.54) is 5.56 Å². The molecule has 0 spiro atoms. The van der Waals surface area contributed by atoms with Gasteiger partial charge in [-0.1, -0.05) is 25.1 Å². The predicted molar refractivity (Wildman–Crippen MR) is 79.9 cm³/mol. The van der Waals surface area contributed by atoms with Crippen LogP contribution < -0.4 is 10.1 Å². The van der Waals surface area contributed by atoms with Crippen molar-refractivity contribution >= 4 is 0 Å². The molecule has 3 nitrogen and oxygen atoms in total. The third-order valence-electron chi connectivity index (χ3n) is 4.07. The van der Waals surface area contributed by atoms with Crippen molar-refractivity contribution in [3.63, 3.8) is 0 Å². The van der Waals surface area contributed by atoms with Gasteiger partial charge in [0, 0.05) is 5.92 Å². The van der Waals surface area contributed by atoms with Crippen molar-refractivity contribution in [2.75, 3.05) is 19.8 Å². The zero-order chi connectivity index (χ0) is 13.8. The maximum atomic E-state index is 5.93. The smallest absolute Gasteiger partial charge is 0.122 e. The molecule has 0 aliphatic carbocycles. The molecule has 1 aromatic rings. The highest BCUT2D eigenvalue weighted by atomic mass is 16.5. The molecule has 3 heteroatoms. The summed E-state index contributed by atoms with van der Waals surface area (Å²) in [7, 11) is 0. The quantitative estimate of drug-likeness (QED) is 0.915. The lowest BCUT2D eigenvalue weighted by atomic mass is 9.88. The maximum Gasteiger partial charge on any atom is 0.122 e. The average Bonchev–Trinajstić information content (AvgIpc) is 2.53. The van der Waals surface area contributed by atoms with E-state index >= 15 is 0 Å². The molecule has 0 saturated carbocycles. The molecule has 0 aromatic heterocycles. The van der Waals surface area contributed by atoms with Gasteiger partial charge in [0.25, 0.3) is 0 Å². The van der Waals surface area contributed by atoms with Crippen LogP contribution in [0.1, 0.15) is 25.3 Å². The van der Waals surface area contributed by atoms with Crippen LogP contribution in [0.3, 0.4) is 0 Å². The minimum absolute atomic E-state index is 0.272. The SMILES string of the molecule is CCNC(C1=CCCCO1)C1COc2ccccc2C1. The fourth-order valence-corrected chi connectivity index (χ4v) is 3.08. The molecule has 0 fully saturated rings. The zero-order valence-corrected chi connectivity index (χ0v) is 12.1. The molecule has 0 saturated heterocycles. The summed E-state index contributed by atoms with van der Waals surface area (Å²) in [5.74, 6) is 2.60. The van der Waals surface area contributed by atoms with Crippen LogP contribution >= 0.6 is 0 Å². The molecule has 0 radical (unpaired) electrons. The summed E-state index contributed by atoms with van der Waals surface area (Å²) in [4.78, 5) is 0. The Hall–Kier alpha value is -1.48. The Morgan fingerprint density at radius 1 is 1.30 bits per heavy atom. The molecule has 2 heterocycles. The number of allylic oxidation sites excluding steroid dienone is 1. The van der Waals surface area contributed by atoms with Gasteiger partial charge in [0.2, 0.25) is 0 Å². The Morgan fingerprint density at radius 3 is 3.00 bits per heavy atom. The summed E-state index contributed by atoms with van der Waals surface area (Å²) in [6, 6.07) is 8.62. The largest absolute Gasteiger partial charge is 0.497 e. The highest BCUT2D eigenvalue weighted by molar-refractivity contribution is 5.35. The number of hydrogen-bond donors (Lipinski definition) is 1. The first-order valence-corrected chi connectivity index (χ1v) is 7.65. The van der Waals surface area contributed by atoms with E-state index in [4.69, 9.17) is 9.47 Å². The number of para-hydroxylation sites is 1. The van der Waals surface area contributed by atoms with E-state index in [0.717, 1.165) is 50.5 Å². The summed E-state index contributed by atoms with van der Waals surface area (Å²) in [6.45, 7) is 4.70. The first-order valence-electron chi connectivity index (χ1n) is 7.65. The molecular weight excluding hydrogens is 250 g/mol. The van der Waals surface area contributed by atoms with Crippen molar-refractivity contribution < 1.29 is 9.47 Å². The third-order valence-corrected chi connectivity index (χ3v) is 4.07. The van der Waals surface area contributed by atoms with E-state index in [-0.39, 0.29) is 6.04 Å². The van der Waals surface area contributed by atoms with Crippen molar-refractivity contribution in [3.05, 3.63) is 41.7 Å². The zero-order valence-electron chi connectivity index (χ0n) is 12.1. The number of ether oxygens (including phenoxy) is 2. The Bertz CT molecular complexity index is 484. The van der Waals surface area contributed by atoms with Gasteiger partial charge in [0.1, 0.15) is 11.5 Å². The second-order valence-corrected chi connectivity index (χ2v) is 5.52. The van der Waals surface area contributed by atoms with Crippen LogP contribution in [0, 0.1) is 5.92 Å². The Labute approximate surface area is 121 Å². The van der Waals surface area contributed by atoms with Gasteiger partial charge in [-0.2, -0.15) is 0 Å². The van der Waals surface area contributed by atoms with Crippen molar-refractivity contribution in [1.82, 2.24) is 5.32 Å². The summed E-state index contributed by atoms with van der Waals surface area (Å²) in [5, 5.41) is 3.58. The summed E-state index contributed by atoms with van der Waals surface area (Å²) in [6.07, 6.45) is 5.56. The fourth-order valence-electron chi connectivity index (χ4n) is 3.08. The maximum absolute atomic E-state index is 5.93. The molecule has 1 aromatic carbocycles. The number of hydrogen-bond acceptors (Lipinski definition) is 3. The summed E-state index contributed by atoms with van der Waals surface area (Å²) < 4.78 is 11.8. The highest BCUT2D eigenvalue weighted by Crippen LogP contribution is 2.31. The van der Waals surface area contributed by atoms with Gasteiger partial charge in [-0.25, -0.2) is 0 Å². The van der Waals surface area contributed by atoms with Gasteiger partial charge >= 0.3 is 0 Å². The first-order chi connectivity index (χ1) is 9.88. The van der Waals surface area contributed by atoms with Gasteiger partial charge in [-0.3, -0.25) is 0 Å². The fraction of sp³-hybridized carbons (Fsp3) is 0.529. The molecule has 108 valence electrons. The van der Waals surface area contributed by atoms with Crippen LogP contribution in [0.2, 0.25) is 0 Å². The number of likely N-dealkylation sites (N-methyl/N-ethyl adjacent to an activating group) is 1. The molecule has 2 atom stereocenters. The molecule has 1 N–H and O–H groups in total. The monoisotopic (exact) mass is 273 g/mol. The first kappa shape index (κ1) is 13.5. The number of benzene rings is 1. The van der Waals surface area contributed by atoms with E-state index in [1.807, 2.05) is 6.07 Å². The van der Waals surface area contributed by atoms with Crippen molar-refractivity contribution in [2.45, 2.75) is 32.2 Å². The van der Waals surface area contributed by atoms with Crippen LogP contribution in [0.15, 0.2) is 36.1 Å². The lowest BCUT2D eigenvalue weighted by Crippen LogP contribution is -2.44. The van der Waals surface area contributed by atoms with E-state index in [9.17, 15) is 0 Å². The standard InChI is InChI=1S/C17H23NO2/c1-2-18-17(16-9-5-6-10-19-16)14-11-13-7-3-4-8-15(13)20-12-14/h3-4,7-9,14,17-18H,2,5-6,10-12H2,1H3. The molecule has 2 unspecified atom stereocenters. The van der Waals surface area contributed by atoms with Gasteiger partial charge < -0.3 is 14.8 Å². The van der Waals surface area contributed by atoms with Crippen LogP contribution in [0.5, 0.6) is 5.75 Å². The second kappa shape index (κ2) is 6.31. The van der Waals surface area contributed by atoms with Crippen molar-refractivity contribution in [2.24, 2.45) is 5.92 Å². The number of rotatable bonds is 4. The Kier molecular flexibility index (Phi) is 4.26. The number of nitrogens with one attached hydrogen (secondary N) is 1. The molecule has 2 aliphatic heterocycles. The molecule has 0 bridgehead atoms. The van der Waals surface area contributed by atoms with Crippen molar-refractivity contribution in [3.8, 4) is 5.75 Å². The molecule has 2 aliphatic rings. The van der Waals surface area contributed by atoms with E-state index < -0.39 is 0 Å². The van der Waals surface area contributed by atoms with Crippen LogP contribution in [-0.4, -0.2) is 25.8 Å². The van der Waals surface area contributed by atoms with Crippen molar-refractivity contribution in [1.29, 1.82) is 0 Å². The van der Waals surface area contributed by atoms with Gasteiger partial charge in [-0.05, 0) is 43.5 Å². The molecule has 3 rings (SSSR count). The van der Waals surface area contributed by atoms with Crippen LogP contribution in [0.25, 0.3) is 0 Å². The highest BCUT2D eigenvalue weighted by Gasteiger charge is 2.30. The molecule has 0 amide bonds. The van der Waals surface area contributed by atoms with Gasteiger partial charge in [-0.15, -0.1) is 0 Å². The molecular formula is C17H23NO2.